The number of nitro groups is 1. The lowest BCUT2D eigenvalue weighted by Crippen LogP contribution is -2.24. The highest BCUT2D eigenvalue weighted by atomic mass is 16.6. The number of nitrogens with zero attached hydrogens (tertiary/aromatic N) is 2. The number of nitrogens with one attached hydrogen (secondary N) is 2. The zero-order chi connectivity index (χ0) is 15.2. The van der Waals surface area contributed by atoms with Gasteiger partial charge >= 0.3 is 5.69 Å². The first kappa shape index (κ1) is 14.5. The number of aromatic amines is 1. The van der Waals surface area contributed by atoms with Gasteiger partial charge in [-0.05, 0) is 13.0 Å². The van der Waals surface area contributed by atoms with Crippen molar-refractivity contribution in [3.63, 3.8) is 0 Å². The molecular formula is C13H14N4O4. The molecule has 0 spiro atoms. The summed E-state index contributed by atoms with van der Waals surface area (Å²) in [5, 5.41) is 13.7. The fourth-order valence-corrected chi connectivity index (χ4v) is 1.80. The molecule has 0 aliphatic heterocycles. The molecule has 2 aromatic rings. The molecule has 2 N–H and O–H groups in total. The summed E-state index contributed by atoms with van der Waals surface area (Å²) >= 11 is 0. The van der Waals surface area contributed by atoms with Gasteiger partial charge in [-0.15, -0.1) is 0 Å². The fourth-order valence-electron chi connectivity index (χ4n) is 1.80. The van der Waals surface area contributed by atoms with Crippen molar-refractivity contribution < 1.29 is 14.5 Å². The van der Waals surface area contributed by atoms with Crippen molar-refractivity contribution >= 4 is 11.6 Å². The van der Waals surface area contributed by atoms with Gasteiger partial charge in [0, 0.05) is 12.3 Å². The predicted octanol–water partition coefficient (Wildman–Crippen LogP) is 1.65. The van der Waals surface area contributed by atoms with Crippen LogP contribution in [0.1, 0.15) is 23.0 Å². The minimum Gasteiger partial charge on any atom is -0.487 e. The summed E-state index contributed by atoms with van der Waals surface area (Å²) in [6, 6.07) is 4.24. The maximum absolute atomic E-state index is 12.2. The summed E-state index contributed by atoms with van der Waals surface area (Å²) in [6.45, 7) is 2.17. The summed E-state index contributed by atoms with van der Waals surface area (Å²) in [5.41, 5.74) is 0.628. The van der Waals surface area contributed by atoms with Gasteiger partial charge in [-0.3, -0.25) is 14.9 Å². The van der Waals surface area contributed by atoms with Gasteiger partial charge in [0.1, 0.15) is 0 Å². The number of H-pyrrole nitrogens is 1. The van der Waals surface area contributed by atoms with Crippen LogP contribution in [0.5, 0.6) is 5.75 Å². The second-order valence-electron chi connectivity index (χ2n) is 4.10. The molecular weight excluding hydrogens is 276 g/mol. The molecule has 1 aromatic heterocycles. The predicted molar refractivity (Wildman–Crippen MR) is 74.0 cm³/mol. The minimum absolute atomic E-state index is 0.0212. The molecule has 8 nitrogen and oxygen atoms in total. The van der Waals surface area contributed by atoms with Crippen LogP contribution in [-0.2, 0) is 6.54 Å². The Bertz CT molecular complexity index is 640. The third-order valence-electron chi connectivity index (χ3n) is 2.72. The summed E-state index contributed by atoms with van der Waals surface area (Å²) < 4.78 is 5.26. The molecule has 2 rings (SSSR count). The normalized spacial score (nSPS) is 10.1. The molecule has 1 amide bonds. The first-order chi connectivity index (χ1) is 10.1. The van der Waals surface area contributed by atoms with Crippen LogP contribution in [0, 0.1) is 10.1 Å². The van der Waals surface area contributed by atoms with Gasteiger partial charge in [0.05, 0.1) is 35.7 Å². The number of para-hydroxylation sites is 1. The average Bonchev–Trinajstić information content (AvgIpc) is 2.98. The van der Waals surface area contributed by atoms with Crippen LogP contribution in [-0.4, -0.2) is 27.4 Å². The number of ether oxygens (including phenoxy) is 1. The van der Waals surface area contributed by atoms with Crippen molar-refractivity contribution in [2.24, 2.45) is 0 Å². The van der Waals surface area contributed by atoms with Crippen molar-refractivity contribution in [3.05, 3.63) is 52.1 Å². The smallest absolute Gasteiger partial charge is 0.311 e. The van der Waals surface area contributed by atoms with Crippen LogP contribution in [0.3, 0.4) is 0 Å². The van der Waals surface area contributed by atoms with E-state index < -0.39 is 10.8 Å². The number of hydrogen-bond donors (Lipinski definition) is 2. The molecule has 0 unspecified atom stereocenters. The molecule has 0 saturated carbocycles. The van der Waals surface area contributed by atoms with Gasteiger partial charge in [-0.2, -0.15) is 0 Å². The van der Waals surface area contributed by atoms with Gasteiger partial charge < -0.3 is 15.0 Å². The number of carbonyl (C=O) groups is 1. The molecule has 1 heterocycles. The number of benzene rings is 1. The van der Waals surface area contributed by atoms with Crippen LogP contribution in [0.15, 0.2) is 30.7 Å². The number of amides is 1. The van der Waals surface area contributed by atoms with Crippen molar-refractivity contribution in [3.8, 4) is 5.75 Å². The Labute approximate surface area is 120 Å². The van der Waals surface area contributed by atoms with Gasteiger partial charge in [0.25, 0.3) is 5.91 Å². The zero-order valence-electron chi connectivity index (χ0n) is 11.3. The minimum atomic E-state index is -0.573. The van der Waals surface area contributed by atoms with E-state index in [1.807, 2.05) is 0 Å². The summed E-state index contributed by atoms with van der Waals surface area (Å²) in [7, 11) is 0. The number of nitro benzene ring substituents is 1. The number of rotatable bonds is 6. The molecule has 0 bridgehead atoms. The SMILES string of the molecule is CCOc1c(C(=O)NCc2cnc[nH]2)cccc1[N+](=O)[O-]. The van der Waals surface area contributed by atoms with E-state index in [1.54, 1.807) is 13.1 Å². The third kappa shape index (κ3) is 3.35. The van der Waals surface area contributed by atoms with Gasteiger partial charge in [-0.1, -0.05) is 6.07 Å². The lowest BCUT2D eigenvalue weighted by atomic mass is 10.1. The first-order valence-electron chi connectivity index (χ1n) is 6.29. The monoisotopic (exact) mass is 290 g/mol. The molecule has 0 fully saturated rings. The van der Waals surface area contributed by atoms with E-state index >= 15 is 0 Å². The molecule has 110 valence electrons. The van der Waals surface area contributed by atoms with E-state index in [0.29, 0.717) is 0 Å². The van der Waals surface area contributed by atoms with Crippen LogP contribution in [0.25, 0.3) is 0 Å². The Kier molecular flexibility index (Phi) is 4.50. The Morgan fingerprint density at radius 3 is 2.95 bits per heavy atom. The van der Waals surface area contributed by atoms with Crippen molar-refractivity contribution in [2.75, 3.05) is 6.61 Å². The van der Waals surface area contributed by atoms with E-state index in [2.05, 4.69) is 15.3 Å². The third-order valence-corrected chi connectivity index (χ3v) is 2.72. The second kappa shape index (κ2) is 6.51. The number of aromatic nitrogens is 2. The van der Waals surface area contributed by atoms with Crippen molar-refractivity contribution in [2.45, 2.75) is 13.5 Å². The summed E-state index contributed by atoms with van der Waals surface area (Å²) in [5.74, 6) is -0.469. The van der Waals surface area contributed by atoms with E-state index in [0.717, 1.165) is 5.69 Å². The molecule has 0 saturated heterocycles. The fraction of sp³-hybridized carbons (Fsp3) is 0.231. The Hall–Kier alpha value is -2.90. The lowest BCUT2D eigenvalue weighted by molar-refractivity contribution is -0.385. The topological polar surface area (TPSA) is 110 Å². The maximum atomic E-state index is 12.2. The molecule has 8 heteroatoms. The van der Waals surface area contributed by atoms with Gasteiger partial charge in [0.2, 0.25) is 5.75 Å². The zero-order valence-corrected chi connectivity index (χ0v) is 11.3. The summed E-state index contributed by atoms with van der Waals surface area (Å²) in [6.07, 6.45) is 3.08. The Morgan fingerprint density at radius 1 is 1.52 bits per heavy atom. The number of hydrogen-bond acceptors (Lipinski definition) is 5. The number of carbonyl (C=O) groups excluding carboxylic acids is 1. The largest absolute Gasteiger partial charge is 0.487 e. The molecule has 0 aliphatic rings. The lowest BCUT2D eigenvalue weighted by Gasteiger charge is -2.10. The van der Waals surface area contributed by atoms with Crippen LogP contribution >= 0.6 is 0 Å². The first-order valence-corrected chi connectivity index (χ1v) is 6.29. The Balaban J connectivity index is 2.23. The average molecular weight is 290 g/mol. The molecule has 0 radical (unpaired) electrons. The maximum Gasteiger partial charge on any atom is 0.311 e. The highest BCUT2D eigenvalue weighted by Crippen LogP contribution is 2.30. The van der Waals surface area contributed by atoms with E-state index in [-0.39, 0.29) is 30.2 Å². The van der Waals surface area contributed by atoms with Crippen LogP contribution in [0.4, 0.5) is 5.69 Å². The van der Waals surface area contributed by atoms with Gasteiger partial charge in [-0.25, -0.2) is 4.98 Å². The standard InChI is InChI=1S/C13H14N4O4/c1-2-21-12-10(4-3-5-11(12)17(19)20)13(18)15-7-9-6-14-8-16-9/h3-6,8H,2,7H2,1H3,(H,14,16)(H,15,18). The van der Waals surface area contributed by atoms with Crippen molar-refractivity contribution in [1.29, 1.82) is 0 Å². The number of imidazole rings is 1. The molecule has 0 aliphatic carbocycles. The van der Waals surface area contributed by atoms with E-state index in [1.165, 1.54) is 24.5 Å². The van der Waals surface area contributed by atoms with Crippen LogP contribution < -0.4 is 10.1 Å². The molecule has 1 aromatic carbocycles. The van der Waals surface area contributed by atoms with E-state index in [4.69, 9.17) is 4.74 Å². The molecule has 21 heavy (non-hydrogen) atoms. The highest BCUT2D eigenvalue weighted by Gasteiger charge is 2.22. The van der Waals surface area contributed by atoms with E-state index in [9.17, 15) is 14.9 Å². The van der Waals surface area contributed by atoms with Crippen molar-refractivity contribution in [1.82, 2.24) is 15.3 Å². The summed E-state index contributed by atoms with van der Waals surface area (Å²) in [4.78, 5) is 29.3. The second-order valence-corrected chi connectivity index (χ2v) is 4.10. The quantitative estimate of drug-likeness (QED) is 0.620. The Morgan fingerprint density at radius 2 is 2.33 bits per heavy atom. The van der Waals surface area contributed by atoms with Gasteiger partial charge in [0.15, 0.2) is 0 Å². The molecule has 0 atom stereocenters. The highest BCUT2D eigenvalue weighted by molar-refractivity contribution is 5.98. The van der Waals surface area contributed by atoms with Crippen LogP contribution in [0.2, 0.25) is 0 Å².